The van der Waals surface area contributed by atoms with Gasteiger partial charge in [0, 0.05) is 17.9 Å². The third-order valence-corrected chi connectivity index (χ3v) is 4.22. The number of esters is 1. The molecule has 5 heteroatoms. The molecule has 23 heavy (non-hydrogen) atoms. The first-order chi connectivity index (χ1) is 11.2. The number of nitrogens with one attached hydrogen (secondary N) is 1. The van der Waals surface area contributed by atoms with E-state index in [1.54, 1.807) is 36.0 Å². The number of anilines is 1. The topological polar surface area (TPSA) is 55.4 Å². The molecule has 4 nitrogen and oxygen atoms in total. The molecule has 1 N–H and O–H groups in total. The van der Waals surface area contributed by atoms with E-state index < -0.39 is 5.97 Å². The first-order valence-corrected chi connectivity index (χ1v) is 8.45. The molecular weight excluding hydrogens is 310 g/mol. The molecule has 2 aromatic carbocycles. The van der Waals surface area contributed by atoms with Gasteiger partial charge >= 0.3 is 5.97 Å². The lowest BCUT2D eigenvalue weighted by Crippen LogP contribution is -2.15. The summed E-state index contributed by atoms with van der Waals surface area (Å²) in [7, 11) is 1.32. The van der Waals surface area contributed by atoms with Gasteiger partial charge in [-0.3, -0.25) is 4.79 Å². The highest BCUT2D eigenvalue weighted by Crippen LogP contribution is 2.17. The standard InChI is InChI=1S/C18H19NO3S/c1-22-18(21)15-9-5-6-10-16(15)19-17(20)11-12-23-13-14-7-3-2-4-8-14/h2-10H,11-13H2,1H3,(H,19,20). The second-order valence-electron chi connectivity index (χ2n) is 4.87. The van der Waals surface area contributed by atoms with Gasteiger partial charge in [0.25, 0.3) is 0 Å². The molecule has 0 aliphatic carbocycles. The number of carbonyl (C=O) groups is 2. The predicted octanol–water partition coefficient (Wildman–Crippen LogP) is 3.74. The molecule has 0 aromatic heterocycles. The molecule has 0 bridgehead atoms. The van der Waals surface area contributed by atoms with Crippen LogP contribution in [0.5, 0.6) is 0 Å². The van der Waals surface area contributed by atoms with Crippen molar-refractivity contribution in [2.45, 2.75) is 12.2 Å². The summed E-state index contributed by atoms with van der Waals surface area (Å²) in [6, 6.07) is 17.0. The Morgan fingerprint density at radius 3 is 2.48 bits per heavy atom. The van der Waals surface area contributed by atoms with Gasteiger partial charge in [0.1, 0.15) is 0 Å². The number of ether oxygens (including phenoxy) is 1. The average molecular weight is 329 g/mol. The van der Waals surface area contributed by atoms with Crippen molar-refractivity contribution >= 4 is 29.3 Å². The Balaban J connectivity index is 1.80. The zero-order valence-electron chi connectivity index (χ0n) is 13.0. The van der Waals surface area contributed by atoms with Crippen molar-refractivity contribution in [2.75, 3.05) is 18.2 Å². The molecule has 0 unspecified atom stereocenters. The molecule has 0 aliphatic heterocycles. The minimum Gasteiger partial charge on any atom is -0.465 e. The van der Waals surface area contributed by atoms with Crippen molar-refractivity contribution in [2.24, 2.45) is 0 Å². The van der Waals surface area contributed by atoms with E-state index in [9.17, 15) is 9.59 Å². The largest absolute Gasteiger partial charge is 0.465 e. The van der Waals surface area contributed by atoms with Gasteiger partial charge in [0.15, 0.2) is 0 Å². The Kier molecular flexibility index (Phi) is 6.69. The van der Waals surface area contributed by atoms with Crippen LogP contribution >= 0.6 is 11.8 Å². The quantitative estimate of drug-likeness (QED) is 0.621. The van der Waals surface area contributed by atoms with E-state index in [0.717, 1.165) is 11.5 Å². The number of hydrogen-bond donors (Lipinski definition) is 1. The van der Waals surface area contributed by atoms with Crippen LogP contribution in [0.4, 0.5) is 5.69 Å². The second kappa shape index (κ2) is 9.00. The Labute approximate surface area is 140 Å². The van der Waals surface area contributed by atoms with E-state index in [2.05, 4.69) is 17.4 Å². The predicted molar refractivity (Wildman–Crippen MR) is 93.6 cm³/mol. The summed E-state index contributed by atoms with van der Waals surface area (Å²) >= 11 is 1.71. The smallest absolute Gasteiger partial charge is 0.339 e. The zero-order valence-corrected chi connectivity index (χ0v) is 13.8. The van der Waals surface area contributed by atoms with Gasteiger partial charge in [-0.15, -0.1) is 0 Å². The lowest BCUT2D eigenvalue weighted by atomic mass is 10.2. The summed E-state index contributed by atoms with van der Waals surface area (Å²) in [5, 5.41) is 2.77. The highest BCUT2D eigenvalue weighted by Gasteiger charge is 2.12. The molecule has 0 saturated carbocycles. The Morgan fingerprint density at radius 2 is 1.74 bits per heavy atom. The monoisotopic (exact) mass is 329 g/mol. The summed E-state index contributed by atoms with van der Waals surface area (Å²) in [5.74, 6) is 1.04. The molecular formula is C18H19NO3S. The van der Waals surface area contributed by atoms with E-state index in [0.29, 0.717) is 17.7 Å². The third-order valence-electron chi connectivity index (χ3n) is 3.19. The molecule has 2 rings (SSSR count). The van der Waals surface area contributed by atoms with Gasteiger partial charge in [-0.2, -0.15) is 11.8 Å². The van der Waals surface area contributed by atoms with Crippen molar-refractivity contribution in [1.29, 1.82) is 0 Å². The minimum absolute atomic E-state index is 0.109. The Bertz CT molecular complexity index is 658. The van der Waals surface area contributed by atoms with E-state index in [4.69, 9.17) is 4.74 Å². The van der Waals surface area contributed by atoms with Crippen molar-refractivity contribution in [3.05, 3.63) is 65.7 Å². The Hall–Kier alpha value is -2.27. The number of rotatable bonds is 7. The average Bonchev–Trinajstić information content (AvgIpc) is 2.59. The first kappa shape index (κ1) is 17.1. The molecule has 0 radical (unpaired) electrons. The van der Waals surface area contributed by atoms with Gasteiger partial charge in [-0.05, 0) is 17.7 Å². The molecule has 0 spiro atoms. The number of methoxy groups -OCH3 is 1. The summed E-state index contributed by atoms with van der Waals surface area (Å²) < 4.78 is 4.71. The van der Waals surface area contributed by atoms with Crippen LogP contribution in [0.25, 0.3) is 0 Å². The van der Waals surface area contributed by atoms with E-state index >= 15 is 0 Å². The molecule has 0 fully saturated rings. The molecule has 0 aliphatic rings. The lowest BCUT2D eigenvalue weighted by Gasteiger charge is -2.09. The number of amides is 1. The van der Waals surface area contributed by atoms with Gasteiger partial charge in [-0.25, -0.2) is 4.79 Å². The van der Waals surface area contributed by atoms with Crippen molar-refractivity contribution in [1.82, 2.24) is 0 Å². The maximum Gasteiger partial charge on any atom is 0.339 e. The van der Waals surface area contributed by atoms with Gasteiger partial charge in [0.05, 0.1) is 18.4 Å². The van der Waals surface area contributed by atoms with Crippen LogP contribution in [-0.4, -0.2) is 24.7 Å². The van der Waals surface area contributed by atoms with Gasteiger partial charge in [-0.1, -0.05) is 42.5 Å². The molecule has 0 saturated heterocycles. The molecule has 1 amide bonds. The normalized spacial score (nSPS) is 10.1. The molecule has 120 valence electrons. The Morgan fingerprint density at radius 1 is 1.04 bits per heavy atom. The summed E-state index contributed by atoms with van der Waals surface area (Å²) in [6.07, 6.45) is 0.396. The van der Waals surface area contributed by atoms with Crippen molar-refractivity contribution < 1.29 is 14.3 Å². The van der Waals surface area contributed by atoms with Crippen molar-refractivity contribution in [3.63, 3.8) is 0 Å². The van der Waals surface area contributed by atoms with Crippen LogP contribution in [0.3, 0.4) is 0 Å². The van der Waals surface area contributed by atoms with Crippen LogP contribution in [0.1, 0.15) is 22.3 Å². The summed E-state index contributed by atoms with van der Waals surface area (Å²) in [5.41, 5.74) is 2.09. The van der Waals surface area contributed by atoms with E-state index in [-0.39, 0.29) is 5.91 Å². The number of benzene rings is 2. The maximum atomic E-state index is 12.0. The van der Waals surface area contributed by atoms with Crippen molar-refractivity contribution in [3.8, 4) is 0 Å². The maximum absolute atomic E-state index is 12.0. The zero-order chi connectivity index (χ0) is 16.5. The highest BCUT2D eigenvalue weighted by molar-refractivity contribution is 7.98. The van der Waals surface area contributed by atoms with Crippen LogP contribution in [0.2, 0.25) is 0 Å². The molecule has 0 atom stereocenters. The third kappa shape index (κ3) is 5.45. The van der Waals surface area contributed by atoms with E-state index in [1.165, 1.54) is 12.7 Å². The van der Waals surface area contributed by atoms with Crippen LogP contribution in [0.15, 0.2) is 54.6 Å². The molecule has 2 aromatic rings. The summed E-state index contributed by atoms with van der Waals surface area (Å²) in [4.78, 5) is 23.7. The molecule has 0 heterocycles. The van der Waals surface area contributed by atoms with E-state index in [1.807, 2.05) is 18.2 Å². The minimum atomic E-state index is -0.459. The lowest BCUT2D eigenvalue weighted by molar-refractivity contribution is -0.115. The van der Waals surface area contributed by atoms with Gasteiger partial charge < -0.3 is 10.1 Å². The van der Waals surface area contributed by atoms with Crippen LogP contribution < -0.4 is 5.32 Å². The fourth-order valence-corrected chi connectivity index (χ4v) is 2.92. The van der Waals surface area contributed by atoms with Crippen LogP contribution in [0, 0.1) is 0 Å². The highest BCUT2D eigenvalue weighted by atomic mass is 32.2. The fraction of sp³-hybridized carbons (Fsp3) is 0.222. The number of thioether (sulfide) groups is 1. The number of carbonyl (C=O) groups excluding carboxylic acids is 2. The van der Waals surface area contributed by atoms with Gasteiger partial charge in [0.2, 0.25) is 5.91 Å². The first-order valence-electron chi connectivity index (χ1n) is 7.29. The fourth-order valence-electron chi connectivity index (χ4n) is 2.02. The summed E-state index contributed by atoms with van der Waals surface area (Å²) in [6.45, 7) is 0. The second-order valence-corrected chi connectivity index (χ2v) is 5.98. The number of hydrogen-bond acceptors (Lipinski definition) is 4. The number of para-hydroxylation sites is 1. The van der Waals surface area contributed by atoms with Crippen LogP contribution in [-0.2, 0) is 15.3 Å². The SMILES string of the molecule is COC(=O)c1ccccc1NC(=O)CCSCc1ccccc1.